The van der Waals surface area contributed by atoms with E-state index in [9.17, 15) is 33.3 Å². The molecule has 17 heteroatoms. The highest BCUT2D eigenvalue weighted by atomic mass is 19.4. The topological polar surface area (TPSA) is 202 Å². The molecule has 0 heterocycles. The average molecular weight is 627 g/mol. The largest absolute Gasteiger partial charge is 0.491 e. The zero-order valence-electron chi connectivity index (χ0n) is 22.9. The number of carbonyl (C=O) groups excluding carboxylic acids is 1. The van der Waals surface area contributed by atoms with E-state index >= 15 is 0 Å². The lowest BCUT2D eigenvalue weighted by Gasteiger charge is -2.20. The lowest BCUT2D eigenvalue weighted by atomic mass is 9.89. The zero-order chi connectivity index (χ0) is 32.0. The van der Waals surface area contributed by atoms with Crippen LogP contribution in [-0.4, -0.2) is 97.1 Å². The van der Waals surface area contributed by atoms with Crippen LogP contribution in [0.5, 0.6) is 5.75 Å². The quantitative estimate of drug-likeness (QED) is 0.0542. The molecule has 1 fully saturated rings. The number of nitrogens with zero attached hydrogens (tertiary/aromatic N) is 2. The van der Waals surface area contributed by atoms with E-state index in [2.05, 4.69) is 9.68 Å². The van der Waals surface area contributed by atoms with E-state index in [1.54, 1.807) is 18.2 Å². The summed E-state index contributed by atoms with van der Waals surface area (Å²) in [5.74, 6) is -1.62. The van der Waals surface area contributed by atoms with E-state index in [-0.39, 0.29) is 31.1 Å². The second-order valence-electron chi connectivity index (χ2n) is 9.71. The van der Waals surface area contributed by atoms with Gasteiger partial charge in [-0.15, -0.1) is 0 Å². The number of ether oxygens (including phenoxy) is 2. The number of rotatable bonds is 18. The van der Waals surface area contributed by atoms with Crippen molar-refractivity contribution in [2.45, 2.75) is 62.7 Å². The Morgan fingerprint density at radius 3 is 2.33 bits per heavy atom. The van der Waals surface area contributed by atoms with Crippen molar-refractivity contribution in [3.05, 3.63) is 54.1 Å². The van der Waals surface area contributed by atoms with E-state index < -0.39 is 72.0 Å². The first-order chi connectivity index (χ1) is 20.3. The molecule has 0 aromatic heterocycles. The van der Waals surface area contributed by atoms with Crippen LogP contribution in [0.2, 0.25) is 0 Å². The van der Waals surface area contributed by atoms with Gasteiger partial charge in [-0.3, -0.25) is 25.6 Å². The maximum Gasteiger partial charge on any atom is 0.416 e. The molecule has 0 amide bonds. The van der Waals surface area contributed by atoms with Crippen LogP contribution < -0.4 is 4.74 Å². The molecule has 1 aromatic carbocycles. The normalized spacial score (nSPS) is 22.0. The Labute approximate surface area is 244 Å². The number of allylic oxidation sites excluding steroid dienone is 2. The van der Waals surface area contributed by atoms with E-state index in [1.165, 1.54) is 18.2 Å². The molecule has 5 atom stereocenters. The van der Waals surface area contributed by atoms with Crippen LogP contribution in [0, 0.1) is 11.8 Å². The molecule has 0 aliphatic heterocycles. The van der Waals surface area contributed by atoms with Crippen molar-refractivity contribution in [2.24, 2.45) is 11.8 Å². The molecule has 244 valence electrons. The fourth-order valence-electron chi connectivity index (χ4n) is 4.36. The van der Waals surface area contributed by atoms with Crippen LogP contribution in [-0.2, 0) is 25.4 Å². The molecular weight excluding hydrogens is 589 g/mol. The number of benzene rings is 1. The smallest absolute Gasteiger partial charge is 0.416 e. The maximum atomic E-state index is 12.9. The van der Waals surface area contributed by atoms with Gasteiger partial charge in [0.2, 0.25) is 0 Å². The van der Waals surface area contributed by atoms with Crippen LogP contribution in [0.3, 0.4) is 0 Å². The van der Waals surface area contributed by atoms with Gasteiger partial charge in [-0.05, 0) is 43.4 Å². The van der Waals surface area contributed by atoms with E-state index in [1.807, 2.05) is 0 Å². The molecule has 43 heavy (non-hydrogen) atoms. The monoisotopic (exact) mass is 626 g/mol. The van der Waals surface area contributed by atoms with Gasteiger partial charge in [-0.2, -0.15) is 13.2 Å². The van der Waals surface area contributed by atoms with E-state index in [4.69, 9.17) is 30.3 Å². The highest BCUT2D eigenvalue weighted by Crippen LogP contribution is 2.36. The predicted octanol–water partition coefficient (Wildman–Crippen LogP) is 2.41. The van der Waals surface area contributed by atoms with Crippen molar-refractivity contribution < 1.29 is 73.3 Å². The molecule has 1 aromatic rings. The first-order valence-electron chi connectivity index (χ1n) is 13.2. The standard InChI is InChI=1S/C26H37F3N2O12/c27-26(28,29)17-6-5-7-19(12-17)40-14-18(32)10-11-22-21(23(33)13-24(22)34)8-3-1-2-4-9-25(35)43-20(15-41-30(36)37)16-42-31(38)39/h1,3,5-7,10-12,18,20-24,32-34,36-39H,2,4,8-9,13-16H2/b3-1-,11-10+/t18-,21-,22-,23+,24-/m1/s1. The number of hydrogen-bond acceptors (Lipinski definition) is 14. The minimum absolute atomic E-state index is 0.0403. The Hall–Kier alpha value is -2.68. The lowest BCUT2D eigenvalue weighted by molar-refractivity contribution is -0.506. The van der Waals surface area contributed by atoms with Gasteiger partial charge in [0.25, 0.3) is 0 Å². The molecule has 1 aliphatic carbocycles. The maximum absolute atomic E-state index is 12.9. The fraction of sp³-hybridized carbons (Fsp3) is 0.577. The number of esters is 1. The Morgan fingerprint density at radius 2 is 1.70 bits per heavy atom. The third-order valence-electron chi connectivity index (χ3n) is 6.43. The Balaban J connectivity index is 1.78. The van der Waals surface area contributed by atoms with Crippen molar-refractivity contribution in [1.82, 2.24) is 10.8 Å². The minimum Gasteiger partial charge on any atom is -0.491 e. The van der Waals surface area contributed by atoms with Crippen LogP contribution in [0.4, 0.5) is 13.2 Å². The van der Waals surface area contributed by atoms with E-state index in [0.717, 1.165) is 12.1 Å². The predicted molar refractivity (Wildman–Crippen MR) is 136 cm³/mol. The molecule has 0 unspecified atom stereocenters. The number of halogens is 3. The van der Waals surface area contributed by atoms with Gasteiger partial charge < -0.3 is 24.8 Å². The molecule has 0 spiro atoms. The van der Waals surface area contributed by atoms with E-state index in [0.29, 0.717) is 19.3 Å². The SMILES string of the molecule is O=C(CCC/C=C\C[C@@H]1[C@@H](/C=C/[C@@H](O)COc2cccc(C(F)(F)F)c2)[C@H](O)C[C@@H]1O)OC(CON(O)O)CON(O)O. The Bertz CT molecular complexity index is 1020. The number of hydrogen-bond donors (Lipinski definition) is 7. The number of alkyl halides is 3. The van der Waals surface area contributed by atoms with Gasteiger partial charge >= 0.3 is 12.1 Å². The van der Waals surface area contributed by atoms with Gasteiger partial charge in [-0.1, -0.05) is 30.4 Å². The second kappa shape index (κ2) is 18.2. The molecule has 1 saturated carbocycles. The first-order valence-corrected chi connectivity index (χ1v) is 13.2. The molecule has 14 nitrogen and oxygen atoms in total. The molecule has 7 N–H and O–H groups in total. The molecule has 0 saturated heterocycles. The third-order valence-corrected chi connectivity index (χ3v) is 6.43. The Morgan fingerprint density at radius 1 is 1.02 bits per heavy atom. The summed E-state index contributed by atoms with van der Waals surface area (Å²) in [4.78, 5) is 20.7. The highest BCUT2D eigenvalue weighted by Gasteiger charge is 2.39. The number of aliphatic hydroxyl groups is 3. The van der Waals surface area contributed by atoms with Crippen molar-refractivity contribution in [3.8, 4) is 5.75 Å². The van der Waals surface area contributed by atoms with Gasteiger partial charge in [0.15, 0.2) is 6.10 Å². The number of unbranched alkanes of at least 4 members (excludes halogenated alkanes) is 1. The van der Waals surface area contributed by atoms with Crippen molar-refractivity contribution in [2.75, 3.05) is 19.8 Å². The van der Waals surface area contributed by atoms with Crippen LogP contribution in [0.15, 0.2) is 48.6 Å². The summed E-state index contributed by atoms with van der Waals surface area (Å²) in [5.41, 5.74) is -0.878. The second-order valence-corrected chi connectivity index (χ2v) is 9.71. The molecular formula is C26H37F3N2O12. The summed E-state index contributed by atoms with van der Waals surface area (Å²) in [5, 5.41) is 64.2. The molecule has 0 radical (unpaired) electrons. The average Bonchev–Trinajstić information content (AvgIpc) is 3.20. The highest BCUT2D eigenvalue weighted by molar-refractivity contribution is 5.69. The minimum atomic E-state index is -4.53. The molecule has 1 aliphatic rings. The number of aliphatic hydroxyl groups excluding tert-OH is 3. The van der Waals surface area contributed by atoms with Gasteiger partial charge in [0, 0.05) is 18.8 Å². The van der Waals surface area contributed by atoms with Gasteiger partial charge in [0.1, 0.15) is 31.7 Å². The van der Waals surface area contributed by atoms with Gasteiger partial charge in [-0.25, -0.2) is 9.68 Å². The Kier molecular flexibility index (Phi) is 15.5. The summed E-state index contributed by atoms with van der Waals surface area (Å²) in [6.07, 6.45) is -0.836. The molecule has 0 bridgehead atoms. The lowest BCUT2D eigenvalue weighted by Crippen LogP contribution is -2.33. The van der Waals surface area contributed by atoms with Crippen molar-refractivity contribution in [3.63, 3.8) is 0 Å². The summed E-state index contributed by atoms with van der Waals surface area (Å²) in [6.45, 7) is -1.44. The van der Waals surface area contributed by atoms with Crippen LogP contribution in [0.1, 0.15) is 37.7 Å². The van der Waals surface area contributed by atoms with Crippen molar-refractivity contribution in [1.29, 1.82) is 0 Å². The number of carbonyl (C=O) groups is 1. The summed E-state index contributed by atoms with van der Waals surface area (Å²) < 4.78 is 48.9. The van der Waals surface area contributed by atoms with Crippen LogP contribution in [0.25, 0.3) is 0 Å². The van der Waals surface area contributed by atoms with Gasteiger partial charge in [0.05, 0.1) is 28.6 Å². The zero-order valence-corrected chi connectivity index (χ0v) is 22.9. The third kappa shape index (κ3) is 14.1. The van der Waals surface area contributed by atoms with Crippen LogP contribution >= 0.6 is 0 Å². The summed E-state index contributed by atoms with van der Waals surface area (Å²) in [7, 11) is 0. The fourth-order valence-corrected chi connectivity index (χ4v) is 4.36. The summed E-state index contributed by atoms with van der Waals surface area (Å²) in [6, 6.07) is 4.26. The first kappa shape index (κ1) is 36.5. The molecule has 2 rings (SSSR count). The summed E-state index contributed by atoms with van der Waals surface area (Å²) >= 11 is 0. The van der Waals surface area contributed by atoms with Crippen molar-refractivity contribution >= 4 is 5.97 Å².